The van der Waals surface area contributed by atoms with E-state index in [4.69, 9.17) is 0 Å². The highest BCUT2D eigenvalue weighted by Gasteiger charge is 2.21. The number of fused-ring (bicyclic) bond motifs is 1. The molecule has 0 aliphatic heterocycles. The van der Waals surface area contributed by atoms with Crippen molar-refractivity contribution >= 4 is 28.9 Å². The monoisotopic (exact) mass is 396 g/mol. The van der Waals surface area contributed by atoms with E-state index in [9.17, 15) is 19.5 Å². The van der Waals surface area contributed by atoms with Crippen LogP contribution < -0.4 is 11.2 Å². The lowest BCUT2D eigenvalue weighted by atomic mass is 10.1. The van der Waals surface area contributed by atoms with E-state index in [0.29, 0.717) is 17.2 Å². The summed E-state index contributed by atoms with van der Waals surface area (Å²) in [6.07, 6.45) is 7.94. The Morgan fingerprint density at radius 2 is 1.81 bits per heavy atom. The second-order valence-corrected chi connectivity index (χ2v) is 8.06. The Labute approximate surface area is 162 Å². The van der Waals surface area contributed by atoms with Gasteiger partial charge in [0.15, 0.2) is 16.3 Å². The van der Waals surface area contributed by atoms with E-state index >= 15 is 0 Å². The molecule has 0 saturated heterocycles. The summed E-state index contributed by atoms with van der Waals surface area (Å²) in [5, 5.41) is 8.95. The number of aromatic nitrogens is 4. The largest absolute Gasteiger partial charge is 0.480 e. The van der Waals surface area contributed by atoms with Crippen LogP contribution in [0.4, 0.5) is 0 Å². The first-order chi connectivity index (χ1) is 12.9. The van der Waals surface area contributed by atoms with Crippen molar-refractivity contribution in [2.24, 2.45) is 7.05 Å². The number of thioether (sulfide) groups is 1. The highest BCUT2D eigenvalue weighted by molar-refractivity contribution is 8.00. The summed E-state index contributed by atoms with van der Waals surface area (Å²) in [6, 6.07) is 0. The lowest BCUT2D eigenvalue weighted by molar-refractivity contribution is -0.136. The highest BCUT2D eigenvalue weighted by Crippen LogP contribution is 2.26. The molecule has 27 heavy (non-hydrogen) atoms. The van der Waals surface area contributed by atoms with Gasteiger partial charge >= 0.3 is 11.7 Å². The number of carbonyl (C=O) groups is 1. The van der Waals surface area contributed by atoms with Crippen molar-refractivity contribution in [3.05, 3.63) is 20.8 Å². The van der Waals surface area contributed by atoms with Gasteiger partial charge in [-0.2, -0.15) is 0 Å². The average Bonchev–Trinajstić information content (AvgIpc) is 2.97. The molecule has 1 atom stereocenters. The highest BCUT2D eigenvalue weighted by atomic mass is 32.2. The maximum Gasteiger partial charge on any atom is 0.329 e. The molecule has 0 aliphatic carbocycles. The summed E-state index contributed by atoms with van der Waals surface area (Å²) in [4.78, 5) is 42.1. The van der Waals surface area contributed by atoms with Gasteiger partial charge in [0, 0.05) is 13.6 Å². The van der Waals surface area contributed by atoms with Crippen LogP contribution in [-0.2, 0) is 18.4 Å². The van der Waals surface area contributed by atoms with Gasteiger partial charge in [-0.3, -0.25) is 19.1 Å². The van der Waals surface area contributed by atoms with Crippen LogP contribution in [0, 0.1) is 0 Å². The summed E-state index contributed by atoms with van der Waals surface area (Å²) in [6.45, 7) is 4.33. The van der Waals surface area contributed by atoms with Gasteiger partial charge in [-0.25, -0.2) is 9.78 Å². The van der Waals surface area contributed by atoms with Gasteiger partial charge < -0.3 is 9.67 Å². The first-order valence-electron chi connectivity index (χ1n) is 9.45. The van der Waals surface area contributed by atoms with Crippen LogP contribution in [0.5, 0.6) is 0 Å². The van der Waals surface area contributed by atoms with E-state index in [0.717, 1.165) is 31.0 Å². The standard InChI is InChI=1S/C18H28N4O4S/c1-4-5-6-7-8-9-10-11-22-13-14(21(3)17(26)20-15(13)23)19-18(22)27-12(2)16(24)25/h12H,4-11H2,1-3H3,(H,24,25)(H,20,23,26)/t12-/m0/s1. The topological polar surface area (TPSA) is 110 Å². The molecule has 2 aromatic rings. The molecule has 0 bridgehead atoms. The molecule has 0 fully saturated rings. The van der Waals surface area contributed by atoms with Crippen molar-refractivity contribution in [2.75, 3.05) is 0 Å². The molecule has 2 aromatic heterocycles. The van der Waals surface area contributed by atoms with E-state index < -0.39 is 22.5 Å². The molecule has 0 aliphatic rings. The zero-order chi connectivity index (χ0) is 20.0. The minimum Gasteiger partial charge on any atom is -0.480 e. The summed E-state index contributed by atoms with van der Waals surface area (Å²) in [5.41, 5.74) is -0.413. The second-order valence-electron chi connectivity index (χ2n) is 6.76. The Morgan fingerprint density at radius 1 is 1.19 bits per heavy atom. The van der Waals surface area contributed by atoms with E-state index in [2.05, 4.69) is 16.9 Å². The van der Waals surface area contributed by atoms with Gasteiger partial charge in [0.1, 0.15) is 5.25 Å². The van der Waals surface area contributed by atoms with Crippen LogP contribution in [0.3, 0.4) is 0 Å². The third kappa shape index (κ3) is 5.24. The van der Waals surface area contributed by atoms with Crippen molar-refractivity contribution in [3.8, 4) is 0 Å². The summed E-state index contributed by atoms with van der Waals surface area (Å²) < 4.78 is 3.04. The van der Waals surface area contributed by atoms with Crippen molar-refractivity contribution in [3.63, 3.8) is 0 Å². The SMILES string of the molecule is CCCCCCCCCn1c(S[C@@H](C)C(=O)O)nc2c1c(=O)[nH]c(=O)n2C. The van der Waals surface area contributed by atoms with Crippen molar-refractivity contribution < 1.29 is 9.90 Å². The Morgan fingerprint density at radius 3 is 2.44 bits per heavy atom. The number of rotatable bonds is 11. The molecule has 0 unspecified atom stereocenters. The Hall–Kier alpha value is -2.03. The zero-order valence-corrected chi connectivity index (χ0v) is 17.0. The number of imidazole rings is 1. The molecule has 8 nitrogen and oxygen atoms in total. The first-order valence-corrected chi connectivity index (χ1v) is 10.3. The number of carboxylic acids is 1. The number of hydrogen-bond donors (Lipinski definition) is 2. The van der Waals surface area contributed by atoms with E-state index in [1.54, 1.807) is 18.5 Å². The minimum atomic E-state index is -0.947. The molecule has 0 saturated carbocycles. The number of unbranched alkanes of at least 4 members (excludes halogenated alkanes) is 6. The minimum absolute atomic E-state index is 0.284. The number of H-pyrrole nitrogens is 1. The van der Waals surface area contributed by atoms with Gasteiger partial charge in [-0.1, -0.05) is 57.2 Å². The molecule has 2 heterocycles. The molecule has 150 valence electrons. The molecule has 0 aromatic carbocycles. The fraction of sp³-hybridized carbons (Fsp3) is 0.667. The van der Waals surface area contributed by atoms with Crippen molar-refractivity contribution in [2.45, 2.75) is 75.7 Å². The third-order valence-corrected chi connectivity index (χ3v) is 5.66. The fourth-order valence-corrected chi connectivity index (χ4v) is 3.81. The number of aliphatic carboxylic acids is 1. The normalized spacial score (nSPS) is 12.6. The first kappa shape index (κ1) is 21.3. The Bertz CT molecular complexity index is 899. The lowest BCUT2D eigenvalue weighted by Gasteiger charge is -2.10. The van der Waals surface area contributed by atoms with Crippen LogP contribution in [0.1, 0.15) is 58.8 Å². The molecule has 9 heteroatoms. The smallest absolute Gasteiger partial charge is 0.329 e. The molecule has 0 radical (unpaired) electrons. The molecule has 0 spiro atoms. The molecule has 2 rings (SSSR count). The van der Waals surface area contributed by atoms with Gasteiger partial charge in [0.05, 0.1) is 0 Å². The average molecular weight is 397 g/mol. The maximum absolute atomic E-state index is 12.4. The predicted molar refractivity (Wildman–Crippen MR) is 107 cm³/mol. The number of aryl methyl sites for hydroxylation is 2. The predicted octanol–water partition coefficient (Wildman–Crippen LogP) is 2.74. The summed E-state index contributed by atoms with van der Waals surface area (Å²) in [7, 11) is 1.54. The summed E-state index contributed by atoms with van der Waals surface area (Å²) in [5.74, 6) is -0.947. The molecule has 2 N–H and O–H groups in total. The zero-order valence-electron chi connectivity index (χ0n) is 16.2. The number of nitrogens with one attached hydrogen (secondary N) is 1. The van der Waals surface area contributed by atoms with Crippen LogP contribution in [-0.4, -0.2) is 35.4 Å². The van der Waals surface area contributed by atoms with E-state index in [1.165, 1.54) is 30.3 Å². The van der Waals surface area contributed by atoms with Crippen molar-refractivity contribution in [1.29, 1.82) is 0 Å². The van der Waals surface area contributed by atoms with E-state index in [-0.39, 0.29) is 5.65 Å². The van der Waals surface area contributed by atoms with Crippen LogP contribution in [0.25, 0.3) is 11.2 Å². The van der Waals surface area contributed by atoms with E-state index in [1.807, 2.05) is 0 Å². The summed E-state index contributed by atoms with van der Waals surface area (Å²) >= 11 is 1.09. The fourth-order valence-electron chi connectivity index (χ4n) is 2.95. The van der Waals surface area contributed by atoms with Crippen LogP contribution in [0.15, 0.2) is 14.7 Å². The third-order valence-electron chi connectivity index (χ3n) is 4.59. The quantitative estimate of drug-likeness (QED) is 0.446. The molecular formula is C18H28N4O4S. The van der Waals surface area contributed by atoms with Crippen LogP contribution >= 0.6 is 11.8 Å². The number of hydrogen-bond acceptors (Lipinski definition) is 5. The lowest BCUT2D eigenvalue weighted by Crippen LogP contribution is -2.29. The number of carboxylic acid groups (broad SMARTS) is 1. The maximum atomic E-state index is 12.4. The van der Waals surface area contributed by atoms with Gasteiger partial charge in [0.2, 0.25) is 0 Å². The van der Waals surface area contributed by atoms with Crippen LogP contribution in [0.2, 0.25) is 0 Å². The molecule has 0 amide bonds. The number of nitrogens with zero attached hydrogens (tertiary/aromatic N) is 3. The van der Waals surface area contributed by atoms with Crippen molar-refractivity contribution in [1.82, 2.24) is 19.1 Å². The second kappa shape index (κ2) is 9.77. The molecular weight excluding hydrogens is 368 g/mol. The Kier molecular flexibility index (Phi) is 7.70. The van der Waals surface area contributed by atoms with Gasteiger partial charge in [0.25, 0.3) is 5.56 Å². The Balaban J connectivity index is 2.25. The van der Waals surface area contributed by atoms with Gasteiger partial charge in [-0.15, -0.1) is 0 Å². The van der Waals surface area contributed by atoms with Gasteiger partial charge in [-0.05, 0) is 13.3 Å². The number of aromatic amines is 1.